The van der Waals surface area contributed by atoms with Crippen LogP contribution in [0.4, 0.5) is 0 Å². The summed E-state index contributed by atoms with van der Waals surface area (Å²) in [5, 5.41) is 14.2. The standard InChI is InChI=1S/C26H25ClN6O/c1-4-21(34)32-13-26(14-32)9-18(10-26)33-16(3)22(25(31-33)17-6-5-7-28-11-17)23-19-12-29-30-20(19)8-15(2)24(23)27/h4-8,11-12,18H,1,9-10,13-14H2,2-3H3,(H,29,30). The molecule has 1 saturated heterocycles. The van der Waals surface area contributed by atoms with Crippen molar-refractivity contribution in [2.75, 3.05) is 13.1 Å². The van der Waals surface area contributed by atoms with Gasteiger partial charge in [0.05, 0.1) is 22.8 Å². The van der Waals surface area contributed by atoms with Crippen LogP contribution in [0.15, 0.2) is 49.4 Å². The maximum absolute atomic E-state index is 11.9. The van der Waals surface area contributed by atoms with Crippen molar-refractivity contribution in [3.63, 3.8) is 0 Å². The summed E-state index contributed by atoms with van der Waals surface area (Å²) in [6, 6.07) is 6.27. The summed E-state index contributed by atoms with van der Waals surface area (Å²) in [6.45, 7) is 9.34. The highest BCUT2D eigenvalue weighted by atomic mass is 35.5. The Labute approximate surface area is 202 Å². The lowest BCUT2D eigenvalue weighted by atomic mass is 9.60. The summed E-state index contributed by atoms with van der Waals surface area (Å²) >= 11 is 6.93. The number of H-pyrrole nitrogens is 1. The number of nitrogens with zero attached hydrogens (tertiary/aromatic N) is 5. The molecule has 1 aromatic carbocycles. The highest BCUT2D eigenvalue weighted by molar-refractivity contribution is 6.36. The van der Waals surface area contributed by atoms with Crippen LogP contribution >= 0.6 is 11.6 Å². The summed E-state index contributed by atoms with van der Waals surface area (Å²) in [5.74, 6) is 0.0173. The van der Waals surface area contributed by atoms with Crippen LogP contribution in [0.5, 0.6) is 0 Å². The number of fused-ring (bicyclic) bond motifs is 1. The van der Waals surface area contributed by atoms with Gasteiger partial charge in [0, 0.05) is 58.7 Å². The first-order valence-corrected chi connectivity index (χ1v) is 11.8. The molecule has 2 aliphatic rings. The Balaban J connectivity index is 1.44. The van der Waals surface area contributed by atoms with E-state index in [0.29, 0.717) is 5.02 Å². The van der Waals surface area contributed by atoms with Gasteiger partial charge in [-0.2, -0.15) is 10.2 Å². The van der Waals surface area contributed by atoms with Crippen molar-refractivity contribution in [2.45, 2.75) is 32.7 Å². The first-order chi connectivity index (χ1) is 16.4. The van der Waals surface area contributed by atoms with Crippen molar-refractivity contribution in [1.29, 1.82) is 0 Å². The number of carbonyl (C=O) groups is 1. The molecule has 6 rings (SSSR count). The number of aryl methyl sites for hydroxylation is 1. The summed E-state index contributed by atoms with van der Waals surface area (Å²) < 4.78 is 2.16. The van der Waals surface area contributed by atoms with Crippen LogP contribution < -0.4 is 0 Å². The van der Waals surface area contributed by atoms with E-state index in [2.05, 4.69) is 33.4 Å². The third-order valence-corrected chi connectivity index (χ3v) is 7.91. The molecule has 0 radical (unpaired) electrons. The van der Waals surface area contributed by atoms with Crippen molar-refractivity contribution >= 4 is 28.4 Å². The van der Waals surface area contributed by atoms with Gasteiger partial charge < -0.3 is 4.90 Å². The van der Waals surface area contributed by atoms with Crippen molar-refractivity contribution in [2.24, 2.45) is 5.41 Å². The highest BCUT2D eigenvalue weighted by Gasteiger charge is 2.54. The van der Waals surface area contributed by atoms with Crippen LogP contribution in [-0.4, -0.2) is 48.9 Å². The maximum Gasteiger partial charge on any atom is 0.245 e. The molecule has 34 heavy (non-hydrogen) atoms. The zero-order chi connectivity index (χ0) is 23.6. The molecule has 1 aliphatic heterocycles. The van der Waals surface area contributed by atoms with Gasteiger partial charge in [-0.05, 0) is 56.5 Å². The molecule has 4 heterocycles. The largest absolute Gasteiger partial charge is 0.338 e. The normalized spacial score (nSPS) is 17.1. The average Bonchev–Trinajstić information content (AvgIpc) is 3.38. The van der Waals surface area contributed by atoms with Gasteiger partial charge in [0.15, 0.2) is 0 Å². The third-order valence-electron chi connectivity index (χ3n) is 7.42. The number of likely N-dealkylation sites (tertiary alicyclic amines) is 1. The summed E-state index contributed by atoms with van der Waals surface area (Å²) in [5.41, 5.74) is 7.01. The Bertz CT molecular complexity index is 1440. The van der Waals surface area contributed by atoms with Gasteiger partial charge in [-0.3, -0.25) is 19.6 Å². The lowest BCUT2D eigenvalue weighted by molar-refractivity contribution is -0.149. The lowest BCUT2D eigenvalue weighted by Crippen LogP contribution is -2.63. The molecular formula is C26H25ClN6O. The number of hydrogen-bond donors (Lipinski definition) is 1. The zero-order valence-electron chi connectivity index (χ0n) is 19.2. The van der Waals surface area contributed by atoms with Gasteiger partial charge in [0.25, 0.3) is 0 Å². The van der Waals surface area contributed by atoms with Crippen LogP contribution in [0, 0.1) is 19.3 Å². The van der Waals surface area contributed by atoms with E-state index in [1.54, 1.807) is 6.20 Å². The molecule has 7 nitrogen and oxygen atoms in total. The first kappa shape index (κ1) is 21.1. The lowest BCUT2D eigenvalue weighted by Gasteiger charge is -2.58. The van der Waals surface area contributed by atoms with Gasteiger partial charge in [-0.25, -0.2) is 0 Å². The van der Waals surface area contributed by atoms with Crippen LogP contribution in [-0.2, 0) is 4.79 Å². The van der Waals surface area contributed by atoms with Gasteiger partial charge in [-0.15, -0.1) is 0 Å². The number of amides is 1. The van der Waals surface area contributed by atoms with E-state index in [1.165, 1.54) is 6.08 Å². The van der Waals surface area contributed by atoms with Crippen LogP contribution in [0.3, 0.4) is 0 Å². The molecular weight excluding hydrogens is 448 g/mol. The van der Waals surface area contributed by atoms with Gasteiger partial charge in [0.1, 0.15) is 5.69 Å². The molecule has 1 N–H and O–H groups in total. The van der Waals surface area contributed by atoms with Gasteiger partial charge in [-0.1, -0.05) is 18.2 Å². The third kappa shape index (κ3) is 3.03. The van der Waals surface area contributed by atoms with E-state index in [1.807, 2.05) is 42.4 Å². The molecule has 0 atom stereocenters. The van der Waals surface area contributed by atoms with Gasteiger partial charge in [0.2, 0.25) is 5.91 Å². The highest BCUT2D eigenvalue weighted by Crippen LogP contribution is 2.55. The fraction of sp³-hybridized carbons (Fsp3) is 0.308. The van der Waals surface area contributed by atoms with Gasteiger partial charge >= 0.3 is 0 Å². The molecule has 3 aromatic heterocycles. The van der Waals surface area contributed by atoms with E-state index in [4.69, 9.17) is 16.7 Å². The topological polar surface area (TPSA) is 79.7 Å². The van der Waals surface area contributed by atoms with E-state index in [0.717, 1.165) is 70.5 Å². The number of rotatable bonds is 4. The molecule has 172 valence electrons. The second-order valence-electron chi connectivity index (χ2n) is 9.67. The van der Waals surface area contributed by atoms with E-state index < -0.39 is 0 Å². The Hall–Kier alpha value is -3.45. The Morgan fingerprint density at radius 1 is 1.26 bits per heavy atom. The second-order valence-corrected chi connectivity index (χ2v) is 10.0. The molecule has 0 bridgehead atoms. The summed E-state index contributed by atoms with van der Waals surface area (Å²) in [7, 11) is 0. The van der Waals surface area contributed by atoms with E-state index in [9.17, 15) is 4.79 Å². The molecule has 1 aliphatic carbocycles. The van der Waals surface area contributed by atoms with Crippen molar-refractivity contribution in [3.8, 4) is 22.4 Å². The molecule has 2 fully saturated rings. The number of aromatic amines is 1. The van der Waals surface area contributed by atoms with Crippen molar-refractivity contribution in [1.82, 2.24) is 29.9 Å². The second kappa shape index (κ2) is 7.53. The van der Waals surface area contributed by atoms with Crippen LogP contribution in [0.1, 0.15) is 30.1 Å². The van der Waals surface area contributed by atoms with Crippen LogP contribution in [0.25, 0.3) is 33.3 Å². The first-order valence-electron chi connectivity index (χ1n) is 11.4. The number of nitrogens with one attached hydrogen (secondary N) is 1. The van der Waals surface area contributed by atoms with E-state index >= 15 is 0 Å². The minimum Gasteiger partial charge on any atom is -0.338 e. The predicted octanol–water partition coefficient (Wildman–Crippen LogP) is 5.11. The van der Waals surface area contributed by atoms with E-state index in [-0.39, 0.29) is 17.4 Å². The number of aromatic nitrogens is 5. The molecule has 8 heteroatoms. The number of pyridine rings is 1. The Morgan fingerprint density at radius 3 is 2.76 bits per heavy atom. The molecule has 1 spiro atoms. The van der Waals surface area contributed by atoms with Crippen molar-refractivity contribution < 1.29 is 4.79 Å². The number of halogens is 1. The molecule has 4 aromatic rings. The fourth-order valence-corrected chi connectivity index (χ4v) is 5.99. The molecule has 1 saturated carbocycles. The summed E-state index contributed by atoms with van der Waals surface area (Å²) in [6.07, 6.45) is 8.85. The number of hydrogen-bond acceptors (Lipinski definition) is 4. The quantitative estimate of drug-likeness (QED) is 0.418. The van der Waals surface area contributed by atoms with Crippen LogP contribution in [0.2, 0.25) is 5.02 Å². The van der Waals surface area contributed by atoms with Crippen molar-refractivity contribution in [3.05, 3.63) is 65.7 Å². The minimum absolute atomic E-state index is 0.0173. The summed E-state index contributed by atoms with van der Waals surface area (Å²) in [4.78, 5) is 18.1. The molecule has 1 amide bonds. The monoisotopic (exact) mass is 472 g/mol. The molecule has 0 unspecified atom stereocenters. The Morgan fingerprint density at radius 2 is 2.06 bits per heavy atom. The smallest absolute Gasteiger partial charge is 0.245 e. The minimum atomic E-state index is 0.0173. The maximum atomic E-state index is 11.9. The Kier molecular flexibility index (Phi) is 4.68. The number of carbonyl (C=O) groups excluding carboxylic acids is 1. The average molecular weight is 473 g/mol. The fourth-order valence-electron chi connectivity index (χ4n) is 5.74. The SMILES string of the molecule is C=CC(=O)N1CC2(CC(n3nc(-c4cccnc4)c(-c4c(Cl)c(C)cc5[nH]ncc45)c3C)C2)C1. The number of benzene rings is 1. The zero-order valence-corrected chi connectivity index (χ0v) is 19.9. The predicted molar refractivity (Wildman–Crippen MR) is 133 cm³/mol.